The van der Waals surface area contributed by atoms with Crippen LogP contribution >= 0.6 is 0 Å². The third-order valence-corrected chi connectivity index (χ3v) is 4.12. The zero-order valence-electron chi connectivity index (χ0n) is 8.01. The highest BCUT2D eigenvalue weighted by Gasteiger charge is 2.35. The van der Waals surface area contributed by atoms with E-state index < -0.39 is 10.0 Å². The first-order valence-corrected chi connectivity index (χ1v) is 6.23. The van der Waals surface area contributed by atoms with Crippen LogP contribution in [0.4, 0.5) is 5.69 Å². The molecule has 4 nitrogen and oxygen atoms in total. The molecule has 0 aromatic heterocycles. The highest BCUT2D eigenvalue weighted by atomic mass is 32.2. The van der Waals surface area contributed by atoms with Gasteiger partial charge in [0, 0.05) is 11.3 Å². The van der Waals surface area contributed by atoms with Crippen molar-refractivity contribution in [2.24, 2.45) is 0 Å². The number of rotatable bonds is 4. The monoisotopic (exact) mass is 225 g/mol. The lowest BCUT2D eigenvalue weighted by molar-refractivity contribution is 0.112. The molecule has 0 radical (unpaired) electrons. The lowest BCUT2D eigenvalue weighted by Gasteiger charge is -2.06. The topological polar surface area (TPSA) is 63.2 Å². The van der Waals surface area contributed by atoms with Gasteiger partial charge in [0.2, 0.25) is 10.0 Å². The first-order valence-electron chi connectivity index (χ1n) is 4.69. The van der Waals surface area contributed by atoms with Crippen LogP contribution in [0, 0.1) is 0 Å². The van der Waals surface area contributed by atoms with E-state index >= 15 is 0 Å². The van der Waals surface area contributed by atoms with E-state index in [9.17, 15) is 13.2 Å². The van der Waals surface area contributed by atoms with E-state index in [4.69, 9.17) is 0 Å². The van der Waals surface area contributed by atoms with Crippen LogP contribution in [0.25, 0.3) is 0 Å². The van der Waals surface area contributed by atoms with Crippen LogP contribution in [-0.2, 0) is 10.0 Å². The number of carbonyl (C=O) groups excluding carboxylic acids is 1. The number of aldehydes is 1. The van der Waals surface area contributed by atoms with Crippen molar-refractivity contribution in [3.63, 3.8) is 0 Å². The van der Waals surface area contributed by atoms with Gasteiger partial charge in [-0.3, -0.25) is 9.52 Å². The summed E-state index contributed by atoms with van der Waals surface area (Å²) in [6, 6.07) is 6.43. The van der Waals surface area contributed by atoms with Gasteiger partial charge >= 0.3 is 0 Å². The Morgan fingerprint density at radius 3 is 2.67 bits per heavy atom. The minimum absolute atomic E-state index is 0.252. The first kappa shape index (κ1) is 10.2. The molecule has 0 saturated heterocycles. The third kappa shape index (κ3) is 2.36. The Morgan fingerprint density at radius 2 is 2.07 bits per heavy atom. The van der Waals surface area contributed by atoms with Crippen LogP contribution < -0.4 is 4.72 Å². The summed E-state index contributed by atoms with van der Waals surface area (Å²) in [5, 5.41) is -0.252. The molecule has 15 heavy (non-hydrogen) atoms. The van der Waals surface area contributed by atoms with Crippen LogP contribution in [0.5, 0.6) is 0 Å². The summed E-state index contributed by atoms with van der Waals surface area (Å²) in [6.07, 6.45) is 2.14. The van der Waals surface area contributed by atoms with Crippen molar-refractivity contribution in [2.45, 2.75) is 18.1 Å². The van der Waals surface area contributed by atoms with Gasteiger partial charge in [0.05, 0.1) is 5.25 Å². The highest BCUT2D eigenvalue weighted by Crippen LogP contribution is 2.29. The van der Waals surface area contributed by atoms with E-state index in [-0.39, 0.29) is 5.25 Å². The van der Waals surface area contributed by atoms with Gasteiger partial charge in [0.25, 0.3) is 0 Å². The molecule has 1 aromatic rings. The Bertz CT molecular complexity index is 477. The van der Waals surface area contributed by atoms with Crippen LogP contribution in [0.15, 0.2) is 24.3 Å². The molecular weight excluding hydrogens is 214 g/mol. The van der Waals surface area contributed by atoms with E-state index in [0.29, 0.717) is 17.5 Å². The second-order valence-corrected chi connectivity index (χ2v) is 5.55. The Labute approximate surface area is 88.4 Å². The van der Waals surface area contributed by atoms with Gasteiger partial charge in [0.15, 0.2) is 0 Å². The van der Waals surface area contributed by atoms with Crippen LogP contribution in [0.1, 0.15) is 23.2 Å². The summed E-state index contributed by atoms with van der Waals surface area (Å²) >= 11 is 0. The van der Waals surface area contributed by atoms with Gasteiger partial charge in [-0.05, 0) is 25.0 Å². The van der Waals surface area contributed by atoms with Crippen LogP contribution in [0.3, 0.4) is 0 Å². The maximum absolute atomic E-state index is 11.6. The fourth-order valence-corrected chi connectivity index (χ4v) is 2.68. The standard InChI is InChI=1S/C10H11NO3S/c12-7-8-2-1-3-9(6-8)11-15(13,14)10-4-5-10/h1-3,6-7,10-11H,4-5H2. The number of hydrogen-bond acceptors (Lipinski definition) is 3. The molecule has 2 rings (SSSR count). The molecule has 80 valence electrons. The minimum atomic E-state index is -3.23. The number of sulfonamides is 1. The molecule has 0 unspecified atom stereocenters. The van der Waals surface area contributed by atoms with Crippen molar-refractivity contribution < 1.29 is 13.2 Å². The quantitative estimate of drug-likeness (QED) is 0.788. The number of nitrogens with one attached hydrogen (secondary N) is 1. The summed E-state index contributed by atoms with van der Waals surface area (Å²) in [5.41, 5.74) is 0.914. The van der Waals surface area contributed by atoms with Gasteiger partial charge in [-0.15, -0.1) is 0 Å². The Balaban J connectivity index is 2.20. The molecule has 0 spiro atoms. The molecule has 1 N–H and O–H groups in total. The number of anilines is 1. The van der Waals surface area contributed by atoms with E-state index in [1.807, 2.05) is 0 Å². The Morgan fingerprint density at radius 1 is 1.33 bits per heavy atom. The molecule has 1 aromatic carbocycles. The molecule has 0 bridgehead atoms. The third-order valence-electron chi connectivity index (χ3n) is 2.25. The average molecular weight is 225 g/mol. The lowest BCUT2D eigenvalue weighted by Crippen LogP contribution is -2.17. The van der Waals surface area contributed by atoms with Gasteiger partial charge in [0.1, 0.15) is 6.29 Å². The van der Waals surface area contributed by atoms with E-state index in [1.165, 1.54) is 6.07 Å². The maximum atomic E-state index is 11.6. The fraction of sp³-hybridized carbons (Fsp3) is 0.300. The summed E-state index contributed by atoms with van der Waals surface area (Å²) in [5.74, 6) is 0. The van der Waals surface area contributed by atoms with E-state index in [1.54, 1.807) is 18.2 Å². The Hall–Kier alpha value is -1.36. The Kier molecular flexibility index (Phi) is 2.48. The SMILES string of the molecule is O=Cc1cccc(NS(=O)(=O)C2CC2)c1. The minimum Gasteiger partial charge on any atom is -0.298 e. The van der Waals surface area contributed by atoms with Gasteiger partial charge in [-0.25, -0.2) is 8.42 Å². The van der Waals surface area contributed by atoms with Crippen molar-refractivity contribution in [1.82, 2.24) is 0 Å². The normalized spacial score (nSPS) is 16.0. The largest absolute Gasteiger partial charge is 0.298 e. The number of hydrogen-bond donors (Lipinski definition) is 1. The molecule has 0 atom stereocenters. The predicted octanol–water partition coefficient (Wildman–Crippen LogP) is 1.40. The average Bonchev–Trinajstić information content (AvgIpc) is 3.00. The molecule has 0 aliphatic heterocycles. The highest BCUT2D eigenvalue weighted by molar-refractivity contribution is 7.93. The molecule has 1 saturated carbocycles. The fourth-order valence-electron chi connectivity index (χ4n) is 1.30. The molecular formula is C10H11NO3S. The number of carbonyl (C=O) groups is 1. The van der Waals surface area contributed by atoms with E-state index in [2.05, 4.69) is 4.72 Å². The molecule has 1 aliphatic carbocycles. The molecule has 0 heterocycles. The van der Waals surface area contributed by atoms with Crippen molar-refractivity contribution in [2.75, 3.05) is 4.72 Å². The zero-order chi connectivity index (χ0) is 10.9. The maximum Gasteiger partial charge on any atom is 0.235 e. The van der Waals surface area contributed by atoms with Gasteiger partial charge in [-0.2, -0.15) is 0 Å². The second kappa shape index (κ2) is 3.66. The first-order chi connectivity index (χ1) is 7.12. The van der Waals surface area contributed by atoms with Gasteiger partial charge in [-0.1, -0.05) is 12.1 Å². The van der Waals surface area contributed by atoms with Crippen LogP contribution in [0.2, 0.25) is 0 Å². The number of benzene rings is 1. The summed E-state index contributed by atoms with van der Waals surface area (Å²) in [4.78, 5) is 10.5. The van der Waals surface area contributed by atoms with Crippen molar-refractivity contribution in [3.8, 4) is 0 Å². The second-order valence-electron chi connectivity index (χ2n) is 3.59. The summed E-state index contributed by atoms with van der Waals surface area (Å²) in [7, 11) is -3.23. The molecule has 0 amide bonds. The molecule has 1 fully saturated rings. The van der Waals surface area contributed by atoms with Crippen LogP contribution in [-0.4, -0.2) is 20.0 Å². The lowest BCUT2D eigenvalue weighted by atomic mass is 10.2. The van der Waals surface area contributed by atoms with Crippen molar-refractivity contribution in [3.05, 3.63) is 29.8 Å². The smallest absolute Gasteiger partial charge is 0.235 e. The summed E-state index contributed by atoms with van der Waals surface area (Å²) in [6.45, 7) is 0. The van der Waals surface area contributed by atoms with E-state index in [0.717, 1.165) is 12.8 Å². The molecule has 1 aliphatic rings. The van der Waals surface area contributed by atoms with Crippen molar-refractivity contribution >= 4 is 22.0 Å². The predicted molar refractivity (Wildman–Crippen MR) is 57.4 cm³/mol. The van der Waals surface area contributed by atoms with Crippen molar-refractivity contribution in [1.29, 1.82) is 0 Å². The molecule has 5 heteroatoms. The zero-order valence-corrected chi connectivity index (χ0v) is 8.83. The van der Waals surface area contributed by atoms with Gasteiger partial charge < -0.3 is 0 Å². The summed E-state index contributed by atoms with van der Waals surface area (Å²) < 4.78 is 25.6.